The second-order valence-electron chi connectivity index (χ2n) is 29.7. The van der Waals surface area contributed by atoms with Crippen LogP contribution in [0.5, 0.6) is 0 Å². The van der Waals surface area contributed by atoms with Gasteiger partial charge in [0.25, 0.3) is 0 Å². The molecule has 1 aliphatic heterocycles. The van der Waals surface area contributed by atoms with Crippen molar-refractivity contribution >= 4 is 107 Å². The van der Waals surface area contributed by atoms with Crippen LogP contribution in [0.15, 0.2) is 183 Å². The van der Waals surface area contributed by atoms with Gasteiger partial charge in [0, 0.05) is 122 Å². The summed E-state index contributed by atoms with van der Waals surface area (Å²) < 4.78 is 38.3. The van der Waals surface area contributed by atoms with Gasteiger partial charge >= 0.3 is 35.8 Å². The Morgan fingerprint density at radius 3 is 1.35 bits per heavy atom. The number of amides is 1. The van der Waals surface area contributed by atoms with Crippen molar-refractivity contribution in [1.29, 1.82) is 0 Å². The lowest BCUT2D eigenvalue weighted by Gasteiger charge is -2.34. The van der Waals surface area contributed by atoms with Gasteiger partial charge in [0.05, 0.1) is 50.8 Å². The molecule has 564 valence electrons. The average molecular weight is 1500 g/mol. The molecular weight excluding hydrogens is 1410 g/mol. The highest BCUT2D eigenvalue weighted by atomic mass is 33.1. The van der Waals surface area contributed by atoms with Crippen LogP contribution in [0.4, 0.5) is 0 Å². The van der Waals surface area contributed by atoms with Gasteiger partial charge in [-0.05, 0) is 158 Å². The molecule has 15 atom stereocenters. The summed E-state index contributed by atoms with van der Waals surface area (Å²) in [7, 11) is 3.81. The Kier molecular flexibility index (Phi) is 24.5. The van der Waals surface area contributed by atoms with Gasteiger partial charge < -0.3 is 70.9 Å². The lowest BCUT2D eigenvalue weighted by Crippen LogP contribution is -2.44. The van der Waals surface area contributed by atoms with E-state index in [4.69, 9.17) is 45.6 Å². The standard InChI is InChI=1S/C85H94N8O13S2/c86-69(38-54-40-89-70-26-12-8-22-61(54)70)82(97)101-46-58-36-56(44-103-84(99)78(87)65-42-91-72-28-14-10-24-63(65)72)67(48-105-80(95)50-17-3-1-4-18-50)76(58)52-31-32-53(35-52)77-59(47-102-83(98)74(39-55-41-90-71-27-13-9-23-62(55)71)93-75(94)30-16-7-21-60-33-34-107-108-60)37-57(68(77)49-106-81(96)51-19-5-2-6-20-51)45-104-85(100)79(88)66-43-92-73-29-15-11-25-64(66)73/h1-6,8-15,17-20,22-29,40-43,52-53,56-60,67-69,74,76-79,89-92H,7,16,21,30-39,44-49,86-88H2,(H,93,94)/t52?,53?,56?,57?,58?,59?,60-,67?,68?,69?,74?,76+,77-,78?,79?/m1/s1. The Bertz CT molecular complexity index is 4770. The van der Waals surface area contributed by atoms with Crippen molar-refractivity contribution in [2.24, 2.45) is 76.4 Å². The van der Waals surface area contributed by atoms with Gasteiger partial charge in [-0.2, -0.15) is 0 Å². The first-order valence-electron chi connectivity index (χ1n) is 37.9. The largest absolute Gasteiger partial charge is 0.464 e. The van der Waals surface area contributed by atoms with Crippen molar-refractivity contribution in [3.8, 4) is 0 Å². The molecule has 14 rings (SSSR count). The molecule has 3 aliphatic carbocycles. The number of aromatic nitrogens is 4. The van der Waals surface area contributed by atoms with Gasteiger partial charge in [0.1, 0.15) is 24.2 Å². The molecule has 1 saturated heterocycles. The van der Waals surface area contributed by atoms with E-state index in [0.29, 0.717) is 66.0 Å². The number of unbranched alkanes of at least 4 members (excludes halogenated alkanes) is 1. The smallest absolute Gasteiger partial charge is 0.338 e. The Hall–Kier alpha value is -9.65. The summed E-state index contributed by atoms with van der Waals surface area (Å²) in [5.41, 5.74) is 27.3. The fourth-order valence-corrected chi connectivity index (χ4v) is 20.8. The number of ether oxygens (including phenoxy) is 6. The molecule has 1 amide bonds. The van der Waals surface area contributed by atoms with Crippen molar-refractivity contribution in [1.82, 2.24) is 25.3 Å². The molecule has 4 aromatic heterocycles. The van der Waals surface area contributed by atoms with Crippen molar-refractivity contribution < 1.29 is 62.0 Å². The summed E-state index contributed by atoms with van der Waals surface area (Å²) in [4.78, 5) is 114. The zero-order valence-corrected chi connectivity index (χ0v) is 61.9. The average Bonchev–Trinajstić information content (AvgIpc) is 1.61. The molecule has 11 N–H and O–H groups in total. The second-order valence-corrected chi connectivity index (χ2v) is 32.5. The van der Waals surface area contributed by atoms with Crippen molar-refractivity contribution in [3.63, 3.8) is 0 Å². The number of benzene rings is 6. The van der Waals surface area contributed by atoms with Crippen LogP contribution < -0.4 is 22.5 Å². The number of esters is 6. The zero-order valence-electron chi connectivity index (χ0n) is 60.3. The molecule has 0 bridgehead atoms. The van der Waals surface area contributed by atoms with Gasteiger partial charge in [-0.3, -0.25) is 9.59 Å². The van der Waals surface area contributed by atoms with Gasteiger partial charge in [0.2, 0.25) is 5.91 Å². The number of carbonyl (C=O) groups excluding carboxylic acids is 7. The molecule has 12 unspecified atom stereocenters. The minimum Gasteiger partial charge on any atom is -0.464 e. The Balaban J connectivity index is 0.779. The van der Waals surface area contributed by atoms with Gasteiger partial charge in [-0.1, -0.05) is 137 Å². The van der Waals surface area contributed by atoms with Crippen molar-refractivity contribution in [3.05, 3.63) is 216 Å². The lowest BCUT2D eigenvalue weighted by molar-refractivity contribution is -0.150. The van der Waals surface area contributed by atoms with Crippen LogP contribution in [-0.4, -0.2) is 124 Å². The first-order chi connectivity index (χ1) is 52.7. The van der Waals surface area contributed by atoms with Crippen LogP contribution in [0.2, 0.25) is 0 Å². The lowest BCUT2D eigenvalue weighted by atomic mass is 9.73. The number of nitrogens with one attached hydrogen (secondary N) is 5. The molecule has 4 fully saturated rings. The fourth-order valence-electron chi connectivity index (χ4n) is 17.8. The molecule has 23 heteroatoms. The monoisotopic (exact) mass is 1500 g/mol. The summed E-state index contributed by atoms with van der Waals surface area (Å²) in [6.07, 6.45) is 14.2. The number of carbonyl (C=O) groups is 7. The fraction of sp³-hybridized carbons (Fsp3) is 0.400. The number of fused-ring (bicyclic) bond motifs is 4. The normalized spacial score (nSPS) is 23.1. The third kappa shape index (κ3) is 17.6. The second kappa shape index (κ2) is 35.1. The molecule has 3 saturated carbocycles. The van der Waals surface area contributed by atoms with E-state index in [1.807, 2.05) is 143 Å². The number of nitrogens with two attached hydrogens (primary N) is 3. The summed E-state index contributed by atoms with van der Waals surface area (Å²) >= 11 is 0. The molecule has 21 nitrogen and oxygen atoms in total. The maximum atomic E-state index is 15.2. The Morgan fingerprint density at radius 1 is 0.435 bits per heavy atom. The zero-order chi connectivity index (χ0) is 74.6. The Labute approximate surface area is 634 Å². The predicted molar refractivity (Wildman–Crippen MR) is 417 cm³/mol. The first-order valence-corrected chi connectivity index (χ1v) is 40.2. The number of para-hydroxylation sites is 4. The number of hydrogen-bond acceptors (Lipinski definition) is 18. The third-order valence-electron chi connectivity index (χ3n) is 23.2. The van der Waals surface area contributed by atoms with Crippen molar-refractivity contribution in [2.75, 3.05) is 45.4 Å². The third-order valence-corrected chi connectivity index (χ3v) is 26.2. The maximum Gasteiger partial charge on any atom is 0.338 e. The van der Waals surface area contributed by atoms with Gasteiger partial charge in [-0.15, -0.1) is 0 Å². The van der Waals surface area contributed by atoms with E-state index in [-0.39, 0.29) is 94.4 Å². The summed E-state index contributed by atoms with van der Waals surface area (Å²) in [6.45, 7) is -0.463. The van der Waals surface area contributed by atoms with Crippen LogP contribution in [-0.2, 0) is 65.2 Å². The van der Waals surface area contributed by atoms with E-state index in [1.165, 1.54) is 0 Å². The number of H-pyrrole nitrogens is 4. The van der Waals surface area contributed by atoms with Crippen LogP contribution in [0.25, 0.3) is 43.6 Å². The highest BCUT2D eigenvalue weighted by Crippen LogP contribution is 2.57. The van der Waals surface area contributed by atoms with Crippen LogP contribution in [0, 0.1) is 59.2 Å². The minimum atomic E-state index is -1.15. The molecule has 5 heterocycles. The van der Waals surface area contributed by atoms with E-state index in [0.717, 1.165) is 79.8 Å². The van der Waals surface area contributed by atoms with E-state index >= 15 is 4.79 Å². The highest BCUT2D eigenvalue weighted by Gasteiger charge is 2.54. The molecule has 0 radical (unpaired) electrons. The first kappa shape index (κ1) is 75.2. The van der Waals surface area contributed by atoms with E-state index in [1.54, 1.807) is 60.9 Å². The summed E-state index contributed by atoms with van der Waals surface area (Å²) in [6, 6.07) is 43.9. The van der Waals surface area contributed by atoms with Crippen LogP contribution in [0.3, 0.4) is 0 Å². The van der Waals surface area contributed by atoms with E-state index < -0.39 is 89.6 Å². The van der Waals surface area contributed by atoms with Crippen LogP contribution in [0.1, 0.15) is 119 Å². The predicted octanol–water partition coefficient (Wildman–Crippen LogP) is 13.4. The van der Waals surface area contributed by atoms with Crippen molar-refractivity contribution in [2.45, 2.75) is 106 Å². The molecule has 0 spiro atoms. The molecule has 4 aliphatic rings. The topological polar surface area (TPSA) is 328 Å². The molecular formula is C85H94N8O13S2. The Morgan fingerprint density at radius 2 is 0.861 bits per heavy atom. The molecule has 108 heavy (non-hydrogen) atoms. The van der Waals surface area contributed by atoms with Crippen LogP contribution >= 0.6 is 21.6 Å². The maximum absolute atomic E-state index is 15.2. The van der Waals surface area contributed by atoms with Gasteiger partial charge in [0.15, 0.2) is 0 Å². The van der Waals surface area contributed by atoms with E-state index in [9.17, 15) is 28.8 Å². The highest BCUT2D eigenvalue weighted by molar-refractivity contribution is 8.77. The molecule has 10 aromatic rings. The number of aromatic amines is 4. The summed E-state index contributed by atoms with van der Waals surface area (Å²) in [5.74, 6) is -6.17. The van der Waals surface area contributed by atoms with Gasteiger partial charge in [-0.25, -0.2) is 24.0 Å². The molecule has 6 aromatic carbocycles. The number of rotatable bonds is 32. The summed E-state index contributed by atoms with van der Waals surface area (Å²) in [5, 5.41) is 7.10. The number of hydrogen-bond donors (Lipinski definition) is 8. The quantitative estimate of drug-likeness (QED) is 0.00840. The minimum absolute atomic E-state index is 0.0437. The SMILES string of the molecule is NC(Cc1c[nH]c2ccccc12)C(=O)OCC1CC(COC(=O)C(N)c2c[nH]c3ccccc23)C(COC(=O)c2ccccc2)[C@H]1C1CCC([C@@H]2C(COC(=O)C(Cc3c[nH]c4ccccc34)NC(=O)CCCC[C@@H]3CCSS3)CC(COC(=O)C(N)c3c[nH]c4ccccc34)C2COC(=O)c2ccccc2)C1. The van der Waals surface area contributed by atoms with E-state index in [2.05, 4.69) is 25.3 Å².